The second kappa shape index (κ2) is 4.33. The maximum absolute atomic E-state index is 11.4. The smallest absolute Gasteiger partial charge is 0.317 e. The highest BCUT2D eigenvalue weighted by Crippen LogP contribution is 2.02. The molecular weight excluding hydrogens is 192 g/mol. The Kier molecular flexibility index (Phi) is 2.89. The van der Waals surface area contributed by atoms with E-state index >= 15 is 0 Å². The molecule has 1 aromatic rings. The van der Waals surface area contributed by atoms with Crippen LogP contribution in [0.3, 0.4) is 0 Å². The molecule has 15 heavy (non-hydrogen) atoms. The van der Waals surface area contributed by atoms with E-state index in [1.165, 1.54) is 0 Å². The first-order chi connectivity index (χ1) is 7.27. The molecule has 0 aliphatic carbocycles. The summed E-state index contributed by atoms with van der Waals surface area (Å²) in [6.45, 7) is 2.41. The zero-order chi connectivity index (χ0) is 10.7. The van der Waals surface area contributed by atoms with Gasteiger partial charge in [-0.3, -0.25) is 0 Å². The molecule has 0 atom stereocenters. The third-order valence-corrected chi connectivity index (χ3v) is 2.69. The molecular formula is C10H16N4O. The van der Waals surface area contributed by atoms with Crippen molar-refractivity contribution in [2.24, 2.45) is 7.05 Å². The molecule has 2 heterocycles. The highest BCUT2D eigenvalue weighted by atomic mass is 16.2. The molecule has 2 rings (SSSR count). The van der Waals surface area contributed by atoms with Gasteiger partial charge >= 0.3 is 6.03 Å². The van der Waals surface area contributed by atoms with Crippen molar-refractivity contribution < 1.29 is 4.79 Å². The molecule has 0 aromatic carbocycles. The Bertz CT molecular complexity index is 347. The van der Waals surface area contributed by atoms with Gasteiger partial charge in [0.2, 0.25) is 0 Å². The van der Waals surface area contributed by atoms with E-state index in [-0.39, 0.29) is 6.03 Å². The lowest BCUT2D eigenvalue weighted by Gasteiger charge is -2.27. The number of aromatic nitrogens is 2. The SMILES string of the molecule is Cn1ccnc1CCN1CCCNC1=O. The van der Waals surface area contributed by atoms with Crippen molar-refractivity contribution in [1.29, 1.82) is 0 Å². The number of hydrogen-bond acceptors (Lipinski definition) is 2. The molecule has 0 spiro atoms. The molecule has 1 aliphatic heterocycles. The summed E-state index contributed by atoms with van der Waals surface area (Å²) in [4.78, 5) is 17.5. The minimum atomic E-state index is 0.0514. The van der Waals surface area contributed by atoms with Crippen molar-refractivity contribution in [3.8, 4) is 0 Å². The fourth-order valence-corrected chi connectivity index (χ4v) is 1.76. The first-order valence-electron chi connectivity index (χ1n) is 5.26. The largest absolute Gasteiger partial charge is 0.338 e. The lowest BCUT2D eigenvalue weighted by atomic mass is 10.3. The fourth-order valence-electron chi connectivity index (χ4n) is 1.76. The van der Waals surface area contributed by atoms with Crippen molar-refractivity contribution in [2.75, 3.05) is 19.6 Å². The second-order valence-corrected chi connectivity index (χ2v) is 3.78. The zero-order valence-electron chi connectivity index (χ0n) is 8.94. The summed E-state index contributed by atoms with van der Waals surface area (Å²) in [5.41, 5.74) is 0. The number of amides is 2. The van der Waals surface area contributed by atoms with Crippen molar-refractivity contribution in [1.82, 2.24) is 19.8 Å². The highest BCUT2D eigenvalue weighted by molar-refractivity contribution is 5.74. The van der Waals surface area contributed by atoms with Crippen LogP contribution in [0.2, 0.25) is 0 Å². The number of rotatable bonds is 3. The topological polar surface area (TPSA) is 50.2 Å². The predicted molar refractivity (Wildman–Crippen MR) is 56.5 cm³/mol. The van der Waals surface area contributed by atoms with Crippen LogP contribution < -0.4 is 5.32 Å². The summed E-state index contributed by atoms with van der Waals surface area (Å²) in [6, 6.07) is 0.0514. The van der Waals surface area contributed by atoms with E-state index < -0.39 is 0 Å². The van der Waals surface area contributed by atoms with Gasteiger partial charge in [0.15, 0.2) is 0 Å². The normalized spacial score (nSPS) is 16.6. The summed E-state index contributed by atoms with van der Waals surface area (Å²) in [5, 5.41) is 2.84. The Morgan fingerprint density at radius 3 is 3.13 bits per heavy atom. The Morgan fingerprint density at radius 2 is 2.47 bits per heavy atom. The molecule has 1 saturated heterocycles. The number of urea groups is 1. The van der Waals surface area contributed by atoms with Crippen LogP contribution in [0.15, 0.2) is 12.4 Å². The van der Waals surface area contributed by atoms with Crippen LogP contribution in [-0.4, -0.2) is 40.1 Å². The van der Waals surface area contributed by atoms with Crippen LogP contribution in [0.1, 0.15) is 12.2 Å². The Balaban J connectivity index is 1.87. The van der Waals surface area contributed by atoms with Crippen LogP contribution in [0.25, 0.3) is 0 Å². The van der Waals surface area contributed by atoms with Gasteiger partial charge in [0, 0.05) is 45.5 Å². The van der Waals surface area contributed by atoms with Crippen LogP contribution in [0.4, 0.5) is 4.79 Å². The molecule has 2 amide bonds. The van der Waals surface area contributed by atoms with Crippen LogP contribution in [0.5, 0.6) is 0 Å². The van der Waals surface area contributed by atoms with E-state index in [0.29, 0.717) is 0 Å². The van der Waals surface area contributed by atoms with E-state index in [0.717, 1.165) is 38.3 Å². The Hall–Kier alpha value is -1.52. The van der Waals surface area contributed by atoms with Gasteiger partial charge in [0.25, 0.3) is 0 Å². The summed E-state index contributed by atoms with van der Waals surface area (Å²) in [5.74, 6) is 1.02. The molecule has 5 heteroatoms. The third kappa shape index (κ3) is 2.29. The number of carbonyl (C=O) groups is 1. The predicted octanol–water partition coefficient (Wildman–Crippen LogP) is 0.378. The van der Waals surface area contributed by atoms with Crippen molar-refractivity contribution in [2.45, 2.75) is 12.8 Å². The molecule has 1 fully saturated rings. The van der Waals surface area contributed by atoms with Gasteiger partial charge in [-0.2, -0.15) is 0 Å². The molecule has 0 radical (unpaired) electrons. The number of hydrogen-bond donors (Lipinski definition) is 1. The first-order valence-corrected chi connectivity index (χ1v) is 5.26. The third-order valence-electron chi connectivity index (χ3n) is 2.69. The molecule has 0 unspecified atom stereocenters. The fraction of sp³-hybridized carbons (Fsp3) is 0.600. The van der Waals surface area contributed by atoms with Gasteiger partial charge in [-0.15, -0.1) is 0 Å². The van der Waals surface area contributed by atoms with Gasteiger partial charge in [-0.05, 0) is 6.42 Å². The molecule has 1 aliphatic rings. The Morgan fingerprint density at radius 1 is 1.60 bits per heavy atom. The van der Waals surface area contributed by atoms with Crippen molar-refractivity contribution in [3.63, 3.8) is 0 Å². The average Bonchev–Trinajstić information content (AvgIpc) is 2.63. The summed E-state index contributed by atoms with van der Waals surface area (Å²) in [7, 11) is 1.97. The van der Waals surface area contributed by atoms with Gasteiger partial charge < -0.3 is 14.8 Å². The number of nitrogens with zero attached hydrogens (tertiary/aromatic N) is 3. The van der Waals surface area contributed by atoms with Crippen LogP contribution >= 0.6 is 0 Å². The minimum Gasteiger partial charge on any atom is -0.338 e. The van der Waals surface area contributed by atoms with Crippen molar-refractivity contribution >= 4 is 6.03 Å². The van der Waals surface area contributed by atoms with Crippen molar-refractivity contribution in [3.05, 3.63) is 18.2 Å². The van der Waals surface area contributed by atoms with E-state index in [9.17, 15) is 4.79 Å². The summed E-state index contributed by atoms with van der Waals surface area (Å²) in [6.07, 6.45) is 5.56. The van der Waals surface area contributed by atoms with Gasteiger partial charge in [-0.1, -0.05) is 0 Å². The monoisotopic (exact) mass is 208 g/mol. The van der Waals surface area contributed by atoms with Gasteiger partial charge in [0.1, 0.15) is 5.82 Å². The number of nitrogens with one attached hydrogen (secondary N) is 1. The lowest BCUT2D eigenvalue weighted by molar-refractivity contribution is 0.186. The maximum Gasteiger partial charge on any atom is 0.317 e. The van der Waals surface area contributed by atoms with E-state index in [2.05, 4.69) is 10.3 Å². The second-order valence-electron chi connectivity index (χ2n) is 3.78. The summed E-state index contributed by atoms with van der Waals surface area (Å²) >= 11 is 0. The quantitative estimate of drug-likeness (QED) is 0.780. The Labute approximate surface area is 89.1 Å². The lowest BCUT2D eigenvalue weighted by Crippen LogP contribution is -2.47. The first kappa shape index (κ1) is 10.0. The van der Waals surface area contributed by atoms with Gasteiger partial charge in [0.05, 0.1) is 0 Å². The molecule has 0 saturated carbocycles. The average molecular weight is 208 g/mol. The standard InChI is InChI=1S/C10H16N4O/c1-13-8-5-11-9(13)3-7-14-6-2-4-12-10(14)15/h5,8H,2-4,6-7H2,1H3,(H,12,15). The number of aryl methyl sites for hydroxylation is 1. The molecule has 1 N–H and O–H groups in total. The minimum absolute atomic E-state index is 0.0514. The highest BCUT2D eigenvalue weighted by Gasteiger charge is 2.17. The van der Waals surface area contributed by atoms with Gasteiger partial charge in [-0.25, -0.2) is 9.78 Å². The number of carbonyl (C=O) groups excluding carboxylic acids is 1. The summed E-state index contributed by atoms with van der Waals surface area (Å²) < 4.78 is 1.99. The van der Waals surface area contributed by atoms with E-state index in [4.69, 9.17) is 0 Å². The van der Waals surface area contributed by atoms with Crippen LogP contribution in [-0.2, 0) is 13.5 Å². The molecule has 5 nitrogen and oxygen atoms in total. The molecule has 82 valence electrons. The number of imidazole rings is 1. The zero-order valence-corrected chi connectivity index (χ0v) is 8.94. The molecule has 0 bridgehead atoms. The van der Waals surface area contributed by atoms with E-state index in [1.807, 2.05) is 22.7 Å². The maximum atomic E-state index is 11.4. The van der Waals surface area contributed by atoms with E-state index in [1.54, 1.807) is 6.20 Å². The van der Waals surface area contributed by atoms with Crippen LogP contribution in [0, 0.1) is 0 Å². The molecule has 1 aromatic heterocycles.